The number of benzene rings is 2. The van der Waals surface area contributed by atoms with Gasteiger partial charge in [0.15, 0.2) is 0 Å². The lowest BCUT2D eigenvalue weighted by atomic mass is 9.79. The largest absolute Gasteiger partial charge is 0.455 e. The molecule has 0 bridgehead atoms. The summed E-state index contributed by atoms with van der Waals surface area (Å²) in [6.07, 6.45) is 8.46. The number of rotatable bonds is 10. The highest BCUT2D eigenvalue weighted by Crippen LogP contribution is 2.36. The molecule has 236 valence electrons. The van der Waals surface area contributed by atoms with Gasteiger partial charge in [-0.05, 0) is 49.2 Å². The van der Waals surface area contributed by atoms with Crippen molar-refractivity contribution < 1.29 is 27.6 Å². The van der Waals surface area contributed by atoms with Crippen LogP contribution in [0.15, 0.2) is 71.9 Å². The van der Waals surface area contributed by atoms with E-state index in [0.717, 1.165) is 56.6 Å². The molecule has 0 atom stereocenters. The Kier molecular flexibility index (Phi) is 8.70. The van der Waals surface area contributed by atoms with E-state index in [-0.39, 0.29) is 22.5 Å². The van der Waals surface area contributed by atoms with Crippen molar-refractivity contribution in [2.45, 2.75) is 42.5 Å². The van der Waals surface area contributed by atoms with Crippen LogP contribution in [-0.4, -0.2) is 72.5 Å². The number of H-pyrrole nitrogens is 1. The number of sulfonamides is 1. The maximum Gasteiger partial charge on any atom is 0.293 e. The lowest BCUT2D eigenvalue weighted by Crippen LogP contribution is -2.58. The number of hydrogen-bond donors (Lipinski definition) is 3. The summed E-state index contributed by atoms with van der Waals surface area (Å²) in [7, 11) is -4.48. The minimum absolute atomic E-state index is 0.0380. The number of aromatic amines is 1. The van der Waals surface area contributed by atoms with Crippen LogP contribution in [0.1, 0.15) is 42.5 Å². The number of amides is 1. The summed E-state index contributed by atoms with van der Waals surface area (Å²) in [5, 5.41) is 16.1. The lowest BCUT2D eigenvalue weighted by molar-refractivity contribution is -0.384. The molecule has 1 saturated carbocycles. The highest BCUT2D eigenvalue weighted by molar-refractivity contribution is 7.90. The van der Waals surface area contributed by atoms with Gasteiger partial charge in [0.1, 0.15) is 22.8 Å². The third-order valence-electron chi connectivity index (χ3n) is 8.51. The normalized spacial score (nSPS) is 17.1. The summed E-state index contributed by atoms with van der Waals surface area (Å²) < 4.78 is 40.1. The molecule has 13 nitrogen and oxygen atoms in total. The number of nitrogens with zero attached hydrogens (tertiary/aromatic N) is 3. The fraction of sp³-hybridized carbons (Fsp3) is 0.355. The molecule has 1 aliphatic carbocycles. The first-order chi connectivity index (χ1) is 21.7. The molecular weight excluding hydrogens is 600 g/mol. The third-order valence-corrected chi connectivity index (χ3v) is 9.84. The fourth-order valence-corrected chi connectivity index (χ4v) is 7.16. The van der Waals surface area contributed by atoms with Gasteiger partial charge < -0.3 is 19.8 Å². The molecule has 1 saturated heterocycles. The first-order valence-corrected chi connectivity index (χ1v) is 16.3. The molecule has 2 aromatic heterocycles. The van der Waals surface area contributed by atoms with Crippen molar-refractivity contribution in [2.24, 2.45) is 0 Å². The molecule has 1 aliphatic heterocycles. The van der Waals surface area contributed by atoms with Crippen molar-refractivity contribution in [3.63, 3.8) is 0 Å². The smallest absolute Gasteiger partial charge is 0.293 e. The summed E-state index contributed by atoms with van der Waals surface area (Å²) in [5.41, 5.74) is 0.294. The fourth-order valence-electron chi connectivity index (χ4n) is 6.17. The van der Waals surface area contributed by atoms with Crippen LogP contribution in [0.2, 0.25) is 0 Å². The van der Waals surface area contributed by atoms with Gasteiger partial charge in [0.05, 0.1) is 34.8 Å². The van der Waals surface area contributed by atoms with E-state index in [4.69, 9.17) is 9.47 Å². The summed E-state index contributed by atoms with van der Waals surface area (Å²) in [4.78, 5) is 33.9. The van der Waals surface area contributed by atoms with E-state index in [1.165, 1.54) is 30.5 Å². The number of anilines is 1. The first-order valence-electron chi connectivity index (χ1n) is 14.9. The van der Waals surface area contributed by atoms with E-state index >= 15 is 0 Å². The Balaban J connectivity index is 1.19. The number of nitrogens with one attached hydrogen (secondary N) is 3. The van der Waals surface area contributed by atoms with Gasteiger partial charge in [-0.15, -0.1) is 0 Å². The van der Waals surface area contributed by atoms with Crippen LogP contribution in [0.4, 0.5) is 11.4 Å². The monoisotopic (exact) mass is 634 g/mol. The number of para-hydroxylation sites is 1. The minimum Gasteiger partial charge on any atom is -0.455 e. The molecule has 0 unspecified atom stereocenters. The second-order valence-corrected chi connectivity index (χ2v) is 13.0. The number of fused-ring (bicyclic) bond motifs is 1. The zero-order valence-electron chi connectivity index (χ0n) is 24.5. The second-order valence-electron chi connectivity index (χ2n) is 11.3. The predicted molar refractivity (Wildman–Crippen MR) is 167 cm³/mol. The first kappa shape index (κ1) is 30.5. The maximum absolute atomic E-state index is 13.3. The van der Waals surface area contributed by atoms with Crippen LogP contribution in [0.3, 0.4) is 0 Å². The minimum atomic E-state index is -4.48. The highest BCUT2D eigenvalue weighted by atomic mass is 32.2. The zero-order chi connectivity index (χ0) is 31.4. The van der Waals surface area contributed by atoms with E-state index in [0.29, 0.717) is 31.2 Å². The van der Waals surface area contributed by atoms with Crippen molar-refractivity contribution in [1.82, 2.24) is 19.6 Å². The molecule has 0 spiro atoms. The predicted octanol–water partition coefficient (Wildman–Crippen LogP) is 4.83. The number of carbonyl (C=O) groups is 1. The number of morpholine rings is 1. The standard InChI is InChI=1S/C31H34N6O7S/c38-30(25-6-2-3-7-28(25)44-23-18-22-10-13-32-29(22)33-20-23)35-45(41,42)24-8-9-26(27(19-24)37(39)40)34-21-31(11-4-1-5-12-31)36-14-16-43-17-15-36/h2-3,6-10,13,18-20,34H,1,4-5,11-12,14-17,21H2,(H,32,33)(H,35,38). The Bertz CT molecular complexity index is 1810. The van der Waals surface area contributed by atoms with Crippen LogP contribution in [0.25, 0.3) is 11.0 Å². The summed E-state index contributed by atoms with van der Waals surface area (Å²) in [6, 6.07) is 13.3. The highest BCUT2D eigenvalue weighted by Gasteiger charge is 2.39. The topological polar surface area (TPSA) is 169 Å². The number of aromatic nitrogens is 2. The maximum atomic E-state index is 13.3. The Morgan fingerprint density at radius 3 is 2.64 bits per heavy atom. The average molecular weight is 635 g/mol. The lowest BCUT2D eigenvalue weighted by Gasteiger charge is -2.48. The quantitative estimate of drug-likeness (QED) is 0.162. The van der Waals surface area contributed by atoms with Crippen molar-refractivity contribution >= 4 is 38.3 Å². The summed E-state index contributed by atoms with van der Waals surface area (Å²) in [5.74, 6) is -0.479. The van der Waals surface area contributed by atoms with Crippen LogP contribution in [0.5, 0.6) is 11.5 Å². The number of pyridine rings is 1. The number of hydrogen-bond acceptors (Lipinski definition) is 10. The van der Waals surface area contributed by atoms with Crippen molar-refractivity contribution in [3.05, 3.63) is 82.7 Å². The average Bonchev–Trinajstić information content (AvgIpc) is 3.53. The van der Waals surface area contributed by atoms with Gasteiger partial charge in [-0.1, -0.05) is 31.4 Å². The SMILES string of the molecule is O=C(NS(=O)(=O)c1ccc(NCC2(N3CCOCC3)CCCCC2)c([N+](=O)[O-])c1)c1ccccc1Oc1cnc2[nH]ccc2c1. The van der Waals surface area contributed by atoms with Gasteiger partial charge in [-0.25, -0.2) is 18.1 Å². The van der Waals surface area contributed by atoms with Crippen molar-refractivity contribution in [2.75, 3.05) is 38.2 Å². The number of nitro groups is 1. The Morgan fingerprint density at radius 2 is 1.87 bits per heavy atom. The van der Waals surface area contributed by atoms with Crippen LogP contribution >= 0.6 is 0 Å². The molecule has 2 fully saturated rings. The van der Waals surface area contributed by atoms with Gasteiger partial charge in [-0.2, -0.15) is 0 Å². The number of nitro benzene ring substituents is 1. The van der Waals surface area contributed by atoms with Crippen LogP contribution in [-0.2, 0) is 14.8 Å². The molecule has 2 aliphatic rings. The molecule has 4 aromatic rings. The van der Waals surface area contributed by atoms with Crippen molar-refractivity contribution in [1.29, 1.82) is 0 Å². The molecule has 1 amide bonds. The van der Waals surface area contributed by atoms with E-state index in [1.807, 2.05) is 10.8 Å². The number of ether oxygens (including phenoxy) is 2. The summed E-state index contributed by atoms with van der Waals surface area (Å²) >= 11 is 0. The third kappa shape index (κ3) is 6.62. The van der Waals surface area contributed by atoms with E-state index in [9.17, 15) is 23.3 Å². The Labute approximate surface area is 260 Å². The molecule has 14 heteroatoms. The molecule has 6 rings (SSSR count). The van der Waals surface area contributed by atoms with Gasteiger partial charge in [0, 0.05) is 42.8 Å². The molecule has 45 heavy (non-hydrogen) atoms. The number of carbonyl (C=O) groups excluding carboxylic acids is 1. The van der Waals surface area contributed by atoms with Gasteiger partial charge in [0.2, 0.25) is 0 Å². The molecule has 3 heterocycles. The molecule has 0 radical (unpaired) electrons. The Hall–Kier alpha value is -4.53. The van der Waals surface area contributed by atoms with Crippen LogP contribution < -0.4 is 14.8 Å². The molecular formula is C31H34N6O7S. The molecule has 3 N–H and O–H groups in total. The van der Waals surface area contributed by atoms with Gasteiger partial charge in [0.25, 0.3) is 21.6 Å². The zero-order valence-corrected chi connectivity index (χ0v) is 25.3. The van der Waals surface area contributed by atoms with Crippen molar-refractivity contribution in [3.8, 4) is 11.5 Å². The second kappa shape index (κ2) is 12.8. The molecule has 2 aromatic carbocycles. The van der Waals surface area contributed by atoms with Gasteiger partial charge in [-0.3, -0.25) is 19.8 Å². The van der Waals surface area contributed by atoms with Gasteiger partial charge >= 0.3 is 0 Å². The van der Waals surface area contributed by atoms with Crippen LogP contribution in [0, 0.1) is 10.1 Å². The summed E-state index contributed by atoms with van der Waals surface area (Å²) in [6.45, 7) is 3.39. The van der Waals surface area contributed by atoms with E-state index in [1.54, 1.807) is 24.4 Å². The van der Waals surface area contributed by atoms with E-state index < -0.39 is 31.4 Å². The Morgan fingerprint density at radius 1 is 1.09 bits per heavy atom. The van der Waals surface area contributed by atoms with E-state index in [2.05, 4.69) is 20.2 Å².